The minimum atomic E-state index is -0.206. The SMILES string of the molecule is Cc1cc(C(=O)Nc2nc(CN3CCCCC3)cs2)nn1C. The molecule has 6 nitrogen and oxygen atoms in total. The van der Waals surface area contributed by atoms with Crippen molar-refractivity contribution in [2.75, 3.05) is 18.4 Å². The van der Waals surface area contributed by atoms with Crippen molar-refractivity contribution in [3.63, 3.8) is 0 Å². The number of nitrogens with zero attached hydrogens (tertiary/aromatic N) is 4. The normalized spacial score (nSPS) is 15.9. The molecule has 0 unspecified atom stereocenters. The van der Waals surface area contributed by atoms with Crippen LogP contribution in [0, 0.1) is 6.92 Å². The predicted molar refractivity (Wildman–Crippen MR) is 87.1 cm³/mol. The van der Waals surface area contributed by atoms with Crippen molar-refractivity contribution in [1.82, 2.24) is 19.7 Å². The van der Waals surface area contributed by atoms with Gasteiger partial charge in [-0.25, -0.2) is 4.98 Å². The first-order valence-corrected chi connectivity index (χ1v) is 8.48. The molecule has 0 atom stereocenters. The van der Waals surface area contributed by atoms with Crippen molar-refractivity contribution in [1.29, 1.82) is 0 Å². The standard InChI is InChI=1S/C15H21N5OS/c1-11-8-13(18-19(11)2)14(21)17-15-16-12(10-22-15)9-20-6-4-3-5-7-20/h8,10H,3-7,9H2,1-2H3,(H,16,17,21). The molecular weight excluding hydrogens is 298 g/mol. The van der Waals surface area contributed by atoms with Crippen LogP contribution in [0.1, 0.15) is 41.1 Å². The number of hydrogen-bond donors (Lipinski definition) is 1. The van der Waals surface area contributed by atoms with E-state index in [1.165, 1.54) is 30.6 Å². The average molecular weight is 319 g/mol. The predicted octanol–water partition coefficient (Wildman–Crippen LogP) is 2.42. The maximum absolute atomic E-state index is 12.1. The number of aryl methyl sites for hydroxylation is 2. The minimum Gasteiger partial charge on any atom is -0.297 e. The van der Waals surface area contributed by atoms with Crippen LogP contribution in [-0.4, -0.2) is 38.7 Å². The maximum Gasteiger partial charge on any atom is 0.277 e. The second kappa shape index (κ2) is 6.58. The molecule has 1 N–H and O–H groups in total. The molecule has 0 saturated carbocycles. The van der Waals surface area contributed by atoms with E-state index in [-0.39, 0.29) is 5.91 Å². The zero-order valence-electron chi connectivity index (χ0n) is 13.0. The summed E-state index contributed by atoms with van der Waals surface area (Å²) in [5.74, 6) is -0.206. The Hall–Kier alpha value is -1.73. The number of nitrogens with one attached hydrogen (secondary N) is 1. The molecule has 2 aromatic heterocycles. The lowest BCUT2D eigenvalue weighted by atomic mass is 10.1. The summed E-state index contributed by atoms with van der Waals surface area (Å²) < 4.78 is 1.69. The van der Waals surface area contributed by atoms with Gasteiger partial charge in [0.05, 0.1) is 5.69 Å². The molecule has 0 radical (unpaired) electrons. The van der Waals surface area contributed by atoms with Gasteiger partial charge in [-0.15, -0.1) is 11.3 Å². The number of anilines is 1. The van der Waals surface area contributed by atoms with Crippen LogP contribution < -0.4 is 5.32 Å². The van der Waals surface area contributed by atoms with Gasteiger partial charge >= 0.3 is 0 Å². The highest BCUT2D eigenvalue weighted by molar-refractivity contribution is 7.13. The van der Waals surface area contributed by atoms with Crippen molar-refractivity contribution in [2.24, 2.45) is 7.05 Å². The number of hydrogen-bond acceptors (Lipinski definition) is 5. The number of rotatable bonds is 4. The van der Waals surface area contributed by atoms with Gasteiger partial charge in [-0.2, -0.15) is 5.10 Å². The molecule has 7 heteroatoms. The lowest BCUT2D eigenvalue weighted by Crippen LogP contribution is -2.29. The molecule has 22 heavy (non-hydrogen) atoms. The third kappa shape index (κ3) is 3.53. The molecule has 0 aromatic carbocycles. The van der Waals surface area contributed by atoms with Gasteiger partial charge in [-0.1, -0.05) is 6.42 Å². The molecule has 1 aliphatic heterocycles. The summed E-state index contributed by atoms with van der Waals surface area (Å²) in [5, 5.41) is 9.67. The highest BCUT2D eigenvalue weighted by Crippen LogP contribution is 2.19. The number of carbonyl (C=O) groups excluding carboxylic acids is 1. The summed E-state index contributed by atoms with van der Waals surface area (Å²) >= 11 is 1.47. The molecule has 3 rings (SSSR count). The Morgan fingerprint density at radius 1 is 1.36 bits per heavy atom. The Bertz CT molecular complexity index is 637. The lowest BCUT2D eigenvalue weighted by molar-refractivity contribution is 0.102. The van der Waals surface area contributed by atoms with E-state index in [1.807, 2.05) is 19.4 Å². The van der Waals surface area contributed by atoms with Gasteiger partial charge in [0.1, 0.15) is 0 Å². The Balaban J connectivity index is 1.60. The first-order chi connectivity index (χ1) is 10.6. The molecule has 3 heterocycles. The first-order valence-electron chi connectivity index (χ1n) is 7.60. The topological polar surface area (TPSA) is 63.1 Å². The number of likely N-dealkylation sites (tertiary alicyclic amines) is 1. The van der Waals surface area contributed by atoms with Crippen molar-refractivity contribution in [3.05, 3.63) is 28.5 Å². The number of thiazole rings is 1. The van der Waals surface area contributed by atoms with Crippen LogP contribution in [0.4, 0.5) is 5.13 Å². The fourth-order valence-corrected chi connectivity index (χ4v) is 3.31. The summed E-state index contributed by atoms with van der Waals surface area (Å²) in [4.78, 5) is 19.1. The molecular formula is C15H21N5OS. The van der Waals surface area contributed by atoms with Crippen molar-refractivity contribution < 1.29 is 4.79 Å². The molecule has 0 spiro atoms. The van der Waals surface area contributed by atoms with E-state index < -0.39 is 0 Å². The molecule has 1 fully saturated rings. The molecule has 1 saturated heterocycles. The zero-order valence-corrected chi connectivity index (χ0v) is 13.8. The van der Waals surface area contributed by atoms with Crippen LogP contribution in [0.5, 0.6) is 0 Å². The van der Waals surface area contributed by atoms with Crippen LogP contribution in [-0.2, 0) is 13.6 Å². The fourth-order valence-electron chi connectivity index (χ4n) is 2.62. The number of aromatic nitrogens is 3. The molecule has 2 aromatic rings. The van der Waals surface area contributed by atoms with Crippen molar-refractivity contribution in [3.8, 4) is 0 Å². The van der Waals surface area contributed by atoms with Crippen molar-refractivity contribution >= 4 is 22.4 Å². The van der Waals surface area contributed by atoms with Crippen LogP contribution >= 0.6 is 11.3 Å². The van der Waals surface area contributed by atoms with E-state index in [0.29, 0.717) is 10.8 Å². The Labute approximate surface area is 134 Å². The molecule has 0 bridgehead atoms. The van der Waals surface area contributed by atoms with Crippen LogP contribution in [0.15, 0.2) is 11.4 Å². The third-order valence-electron chi connectivity index (χ3n) is 3.95. The third-order valence-corrected chi connectivity index (χ3v) is 4.76. The fraction of sp³-hybridized carbons (Fsp3) is 0.533. The summed E-state index contributed by atoms with van der Waals surface area (Å²) in [6.07, 6.45) is 3.87. The van der Waals surface area contributed by atoms with Gasteiger partial charge in [0.25, 0.3) is 5.91 Å². The molecule has 1 amide bonds. The zero-order chi connectivity index (χ0) is 15.5. The lowest BCUT2D eigenvalue weighted by Gasteiger charge is -2.25. The van der Waals surface area contributed by atoms with E-state index in [4.69, 9.17) is 0 Å². The Kier molecular flexibility index (Phi) is 4.54. The second-order valence-electron chi connectivity index (χ2n) is 5.73. The van der Waals surface area contributed by atoms with Crippen LogP contribution in [0.2, 0.25) is 0 Å². The maximum atomic E-state index is 12.1. The highest BCUT2D eigenvalue weighted by atomic mass is 32.1. The Morgan fingerprint density at radius 3 is 2.82 bits per heavy atom. The minimum absolute atomic E-state index is 0.206. The van der Waals surface area contributed by atoms with Crippen molar-refractivity contribution in [2.45, 2.75) is 32.7 Å². The quantitative estimate of drug-likeness (QED) is 0.940. The van der Waals surface area contributed by atoms with Gasteiger partial charge < -0.3 is 0 Å². The largest absolute Gasteiger partial charge is 0.297 e. The highest BCUT2D eigenvalue weighted by Gasteiger charge is 2.15. The van der Waals surface area contributed by atoms with Gasteiger partial charge in [-0.05, 0) is 38.9 Å². The summed E-state index contributed by atoms with van der Waals surface area (Å²) in [6.45, 7) is 5.08. The monoisotopic (exact) mass is 319 g/mol. The van der Waals surface area contributed by atoms with Crippen LogP contribution in [0.3, 0.4) is 0 Å². The number of amides is 1. The van der Waals surface area contributed by atoms with E-state index >= 15 is 0 Å². The van der Waals surface area contributed by atoms with Gasteiger partial charge in [0, 0.05) is 24.7 Å². The number of piperidine rings is 1. The molecule has 118 valence electrons. The van der Waals surface area contributed by atoms with Gasteiger partial charge in [0.15, 0.2) is 10.8 Å². The van der Waals surface area contributed by atoms with Crippen LogP contribution in [0.25, 0.3) is 0 Å². The summed E-state index contributed by atoms with van der Waals surface area (Å²) in [7, 11) is 1.83. The van der Waals surface area contributed by atoms with E-state index in [1.54, 1.807) is 10.7 Å². The van der Waals surface area contributed by atoms with Gasteiger partial charge in [-0.3, -0.25) is 19.7 Å². The summed E-state index contributed by atoms with van der Waals surface area (Å²) in [6, 6.07) is 1.78. The second-order valence-corrected chi connectivity index (χ2v) is 6.59. The Morgan fingerprint density at radius 2 is 2.14 bits per heavy atom. The molecule has 1 aliphatic rings. The van der Waals surface area contributed by atoms with E-state index in [0.717, 1.165) is 31.0 Å². The summed E-state index contributed by atoms with van der Waals surface area (Å²) in [5.41, 5.74) is 2.40. The molecule has 0 aliphatic carbocycles. The first kappa shape index (κ1) is 15.2. The smallest absolute Gasteiger partial charge is 0.277 e. The average Bonchev–Trinajstić information content (AvgIpc) is 3.07. The number of carbonyl (C=O) groups is 1. The van der Waals surface area contributed by atoms with E-state index in [2.05, 4.69) is 20.3 Å². The van der Waals surface area contributed by atoms with Gasteiger partial charge in [0.2, 0.25) is 0 Å². The van der Waals surface area contributed by atoms with E-state index in [9.17, 15) is 4.79 Å².